The topological polar surface area (TPSA) is 41.4 Å². The van der Waals surface area contributed by atoms with Crippen molar-refractivity contribution in [1.82, 2.24) is 19.4 Å². The molecular formula is C28H35ClN4O. The fourth-order valence-corrected chi connectivity index (χ4v) is 4.95. The monoisotopic (exact) mass is 478 g/mol. The molecule has 1 heterocycles. The molecule has 1 atom stereocenters. The van der Waals surface area contributed by atoms with Crippen molar-refractivity contribution in [3.8, 4) is 0 Å². The quantitative estimate of drug-likeness (QED) is 0.413. The first kappa shape index (κ1) is 24.6. The van der Waals surface area contributed by atoms with Crippen LogP contribution in [0.2, 0.25) is 5.02 Å². The molecule has 0 aliphatic heterocycles. The van der Waals surface area contributed by atoms with Crippen LogP contribution in [0.5, 0.6) is 0 Å². The first-order valence-corrected chi connectivity index (χ1v) is 12.6. The predicted molar refractivity (Wildman–Crippen MR) is 140 cm³/mol. The van der Waals surface area contributed by atoms with Crippen molar-refractivity contribution in [2.45, 2.75) is 51.7 Å². The first-order valence-electron chi connectivity index (χ1n) is 12.3. The van der Waals surface area contributed by atoms with Gasteiger partial charge in [0.05, 0.1) is 18.3 Å². The summed E-state index contributed by atoms with van der Waals surface area (Å²) in [4.78, 5) is 23.5. The van der Waals surface area contributed by atoms with Crippen molar-refractivity contribution in [2.24, 2.45) is 0 Å². The Morgan fingerprint density at radius 3 is 2.41 bits per heavy atom. The van der Waals surface area contributed by atoms with E-state index in [1.165, 1.54) is 5.56 Å². The van der Waals surface area contributed by atoms with E-state index in [1.807, 2.05) is 34.9 Å². The van der Waals surface area contributed by atoms with Crippen molar-refractivity contribution in [3.63, 3.8) is 0 Å². The summed E-state index contributed by atoms with van der Waals surface area (Å²) in [6.07, 6.45) is 3.62. The molecule has 0 amide bonds. The molecule has 0 N–H and O–H groups in total. The summed E-state index contributed by atoms with van der Waals surface area (Å²) >= 11 is 6.14. The van der Waals surface area contributed by atoms with E-state index in [4.69, 9.17) is 16.6 Å². The molecule has 1 aliphatic rings. The zero-order valence-corrected chi connectivity index (χ0v) is 21.3. The highest BCUT2D eigenvalue weighted by atomic mass is 35.5. The predicted octanol–water partition coefficient (Wildman–Crippen LogP) is 4.95. The molecule has 0 fully saturated rings. The smallest absolute Gasteiger partial charge is 0.257 e. The maximum Gasteiger partial charge on any atom is 0.257 e. The van der Waals surface area contributed by atoms with Crippen LogP contribution in [0.4, 0.5) is 0 Å². The van der Waals surface area contributed by atoms with Crippen molar-refractivity contribution in [2.75, 3.05) is 27.2 Å². The Morgan fingerprint density at radius 1 is 1.00 bits per heavy atom. The van der Waals surface area contributed by atoms with Crippen LogP contribution in [-0.4, -0.2) is 46.5 Å². The summed E-state index contributed by atoms with van der Waals surface area (Å²) in [5, 5.41) is 0.743. The summed E-state index contributed by atoms with van der Waals surface area (Å²) in [6, 6.07) is 18.3. The number of aryl methyl sites for hydroxylation is 1. The second-order valence-corrected chi connectivity index (χ2v) is 9.89. The van der Waals surface area contributed by atoms with Crippen molar-refractivity contribution >= 4 is 11.6 Å². The lowest BCUT2D eigenvalue weighted by atomic mass is 10.1. The summed E-state index contributed by atoms with van der Waals surface area (Å²) in [7, 11) is 4.20. The lowest BCUT2D eigenvalue weighted by molar-refractivity contribution is 0.155. The van der Waals surface area contributed by atoms with E-state index in [1.54, 1.807) is 0 Å². The maximum atomic E-state index is 13.7. The average molecular weight is 479 g/mol. The van der Waals surface area contributed by atoms with Crippen LogP contribution in [0.15, 0.2) is 59.4 Å². The molecule has 0 saturated heterocycles. The molecule has 0 spiro atoms. The van der Waals surface area contributed by atoms with Gasteiger partial charge in [0, 0.05) is 30.2 Å². The van der Waals surface area contributed by atoms with Gasteiger partial charge < -0.3 is 4.90 Å². The molecule has 2 aromatic carbocycles. The molecule has 180 valence electrons. The van der Waals surface area contributed by atoms with Crippen molar-refractivity contribution in [3.05, 3.63) is 98.2 Å². The normalized spacial score (nSPS) is 14.1. The molecular weight excluding hydrogens is 444 g/mol. The molecule has 34 heavy (non-hydrogen) atoms. The molecule has 6 heteroatoms. The molecule has 3 aromatic rings. The van der Waals surface area contributed by atoms with Gasteiger partial charge in [0.2, 0.25) is 0 Å². The number of aromatic nitrogens is 2. The number of rotatable bonds is 10. The second-order valence-electron chi connectivity index (χ2n) is 9.45. The number of halogens is 1. The van der Waals surface area contributed by atoms with E-state index in [2.05, 4.69) is 55.1 Å². The Morgan fingerprint density at radius 2 is 1.74 bits per heavy atom. The maximum absolute atomic E-state index is 13.7. The Hall–Kier alpha value is -2.47. The number of nitrogens with zero attached hydrogens (tertiary/aromatic N) is 4. The van der Waals surface area contributed by atoms with E-state index in [-0.39, 0.29) is 11.6 Å². The van der Waals surface area contributed by atoms with E-state index in [0.29, 0.717) is 6.54 Å². The van der Waals surface area contributed by atoms with Gasteiger partial charge in [-0.1, -0.05) is 61.0 Å². The SMILES string of the molecule is CCC(c1nc2c(c(=O)n1Cc1ccccc1)CCC2)N(CCN(C)C)Cc1ccc(Cl)cc1. The third-order valence-electron chi connectivity index (χ3n) is 6.66. The Balaban J connectivity index is 1.76. The molecule has 5 nitrogen and oxygen atoms in total. The van der Waals surface area contributed by atoms with Crippen LogP contribution in [-0.2, 0) is 25.9 Å². The van der Waals surface area contributed by atoms with Gasteiger partial charge in [0.1, 0.15) is 5.82 Å². The minimum atomic E-state index is 0.0398. The zero-order chi connectivity index (χ0) is 24.1. The van der Waals surface area contributed by atoms with E-state index in [9.17, 15) is 4.79 Å². The number of fused-ring (bicyclic) bond motifs is 1. The highest BCUT2D eigenvalue weighted by Crippen LogP contribution is 2.28. The van der Waals surface area contributed by atoms with Gasteiger partial charge in [-0.2, -0.15) is 0 Å². The van der Waals surface area contributed by atoms with Gasteiger partial charge in [0.25, 0.3) is 5.56 Å². The number of hydrogen-bond donors (Lipinski definition) is 0. The van der Waals surface area contributed by atoms with Gasteiger partial charge in [-0.05, 0) is 63.0 Å². The first-order chi connectivity index (χ1) is 16.5. The fourth-order valence-electron chi connectivity index (χ4n) is 4.82. The van der Waals surface area contributed by atoms with Crippen LogP contribution < -0.4 is 5.56 Å². The van der Waals surface area contributed by atoms with Crippen LogP contribution in [0.3, 0.4) is 0 Å². The highest BCUT2D eigenvalue weighted by molar-refractivity contribution is 6.30. The Bertz CT molecular complexity index is 1140. The second kappa shape index (κ2) is 11.3. The molecule has 0 saturated carbocycles. The number of benzene rings is 2. The third kappa shape index (κ3) is 5.77. The Labute approximate surface area is 208 Å². The lowest BCUT2D eigenvalue weighted by Crippen LogP contribution is -2.39. The lowest BCUT2D eigenvalue weighted by Gasteiger charge is -2.33. The molecule has 0 radical (unpaired) electrons. The largest absolute Gasteiger partial charge is 0.308 e. The highest BCUT2D eigenvalue weighted by Gasteiger charge is 2.28. The summed E-state index contributed by atoms with van der Waals surface area (Å²) in [5.41, 5.74) is 4.38. The van der Waals surface area contributed by atoms with E-state index >= 15 is 0 Å². The van der Waals surface area contributed by atoms with Crippen molar-refractivity contribution in [1.29, 1.82) is 0 Å². The number of hydrogen-bond acceptors (Lipinski definition) is 4. The number of likely N-dealkylation sites (N-methyl/N-ethyl adjacent to an activating group) is 1. The van der Waals surface area contributed by atoms with Gasteiger partial charge >= 0.3 is 0 Å². The molecule has 1 aliphatic carbocycles. The van der Waals surface area contributed by atoms with Crippen molar-refractivity contribution < 1.29 is 0 Å². The molecule has 0 bridgehead atoms. The zero-order valence-electron chi connectivity index (χ0n) is 20.5. The van der Waals surface area contributed by atoms with Crippen LogP contribution >= 0.6 is 11.6 Å². The summed E-state index contributed by atoms with van der Waals surface area (Å²) < 4.78 is 1.94. The fraction of sp³-hybridized carbons (Fsp3) is 0.429. The third-order valence-corrected chi connectivity index (χ3v) is 6.91. The molecule has 4 rings (SSSR count). The summed E-state index contributed by atoms with van der Waals surface area (Å²) in [6.45, 7) is 5.34. The molecule has 1 unspecified atom stereocenters. The van der Waals surface area contributed by atoms with Crippen LogP contribution in [0.25, 0.3) is 0 Å². The Kier molecular flexibility index (Phi) is 8.19. The van der Waals surface area contributed by atoms with Gasteiger partial charge in [-0.25, -0.2) is 4.98 Å². The minimum absolute atomic E-state index is 0.0398. The van der Waals surface area contributed by atoms with Gasteiger partial charge in [-0.3, -0.25) is 14.3 Å². The minimum Gasteiger partial charge on any atom is -0.308 e. The van der Waals surface area contributed by atoms with E-state index < -0.39 is 0 Å². The standard InChI is InChI=1S/C28H35ClN4O/c1-4-26(32(18-17-31(2)3)19-22-13-15-23(29)16-14-22)27-30-25-12-8-11-24(25)28(34)33(27)20-21-9-6-5-7-10-21/h5-7,9-10,13-16,26H,4,8,11-12,17-20H2,1-3H3. The van der Waals surface area contributed by atoms with Crippen LogP contribution in [0.1, 0.15) is 54.0 Å². The summed E-state index contributed by atoms with van der Waals surface area (Å²) in [5.74, 6) is 0.893. The average Bonchev–Trinajstić information content (AvgIpc) is 3.31. The van der Waals surface area contributed by atoms with Gasteiger partial charge in [-0.15, -0.1) is 0 Å². The van der Waals surface area contributed by atoms with E-state index in [0.717, 1.165) is 73.0 Å². The van der Waals surface area contributed by atoms with Crippen LogP contribution in [0, 0.1) is 0 Å². The molecule has 1 aromatic heterocycles. The van der Waals surface area contributed by atoms with Gasteiger partial charge in [0.15, 0.2) is 0 Å².